The Balaban J connectivity index is 3.00. The van der Waals surface area contributed by atoms with Gasteiger partial charge in [-0.05, 0) is 13.3 Å². The highest BCUT2D eigenvalue weighted by Gasteiger charge is 2.03. The van der Waals surface area contributed by atoms with E-state index in [4.69, 9.17) is 14.9 Å². The second kappa shape index (κ2) is 7.21. The van der Waals surface area contributed by atoms with Gasteiger partial charge in [-0.1, -0.05) is 0 Å². The van der Waals surface area contributed by atoms with Crippen LogP contribution in [0.15, 0.2) is 0 Å². The van der Waals surface area contributed by atoms with Gasteiger partial charge in [0.1, 0.15) is 0 Å². The molecule has 0 fully saturated rings. The van der Waals surface area contributed by atoms with Crippen LogP contribution in [-0.2, 0) is 9.16 Å². The summed E-state index contributed by atoms with van der Waals surface area (Å²) in [6.45, 7) is 3.44. The third-order valence-electron chi connectivity index (χ3n) is 1.01. The van der Waals surface area contributed by atoms with E-state index < -0.39 is 0 Å². The minimum atomic E-state index is 0.153. The number of hydrogen-bond donors (Lipinski definition) is 1. The smallest absolute Gasteiger partial charge is 0.248 e. The van der Waals surface area contributed by atoms with Crippen molar-refractivity contribution in [2.24, 2.45) is 5.73 Å². The summed E-state index contributed by atoms with van der Waals surface area (Å²) in [6, 6.07) is 0. The molecule has 0 amide bonds. The van der Waals surface area contributed by atoms with Crippen molar-refractivity contribution in [2.45, 2.75) is 19.0 Å². The SMILES string of the molecule is CCO[Si]C(N)CCOC. The lowest BCUT2D eigenvalue weighted by atomic mass is 10.5. The highest BCUT2D eigenvalue weighted by molar-refractivity contribution is 6.29. The molecule has 0 spiro atoms. The van der Waals surface area contributed by atoms with Gasteiger partial charge in [-0.2, -0.15) is 0 Å². The predicted octanol–water partition coefficient (Wildman–Crippen LogP) is -0.0366. The van der Waals surface area contributed by atoms with Gasteiger partial charge in [0.05, 0.1) is 0 Å². The summed E-state index contributed by atoms with van der Waals surface area (Å²) in [6.07, 6.45) is 0.884. The van der Waals surface area contributed by atoms with E-state index in [1.165, 1.54) is 0 Å². The molecule has 1 unspecified atom stereocenters. The van der Waals surface area contributed by atoms with Crippen LogP contribution in [0.4, 0.5) is 0 Å². The largest absolute Gasteiger partial charge is 0.416 e. The molecule has 4 heteroatoms. The molecule has 0 bridgehead atoms. The van der Waals surface area contributed by atoms with Crippen molar-refractivity contribution >= 4 is 9.76 Å². The zero-order valence-electron chi connectivity index (χ0n) is 6.59. The first kappa shape index (κ1) is 10.1. The molecule has 60 valence electrons. The molecule has 0 saturated carbocycles. The summed E-state index contributed by atoms with van der Waals surface area (Å²) in [5.41, 5.74) is 5.81. The normalized spacial score (nSPS) is 13.5. The van der Waals surface area contributed by atoms with E-state index in [1.807, 2.05) is 6.92 Å². The van der Waals surface area contributed by atoms with Crippen molar-refractivity contribution in [2.75, 3.05) is 20.3 Å². The van der Waals surface area contributed by atoms with Crippen LogP contribution in [-0.4, -0.2) is 35.8 Å². The first-order valence-corrected chi connectivity index (χ1v) is 4.41. The first-order valence-electron chi connectivity index (χ1n) is 3.43. The third kappa shape index (κ3) is 6.22. The molecule has 0 aliphatic heterocycles. The molecule has 0 aliphatic carbocycles. The fourth-order valence-corrected chi connectivity index (χ4v) is 1.11. The van der Waals surface area contributed by atoms with Crippen LogP contribution in [0, 0.1) is 0 Å². The lowest BCUT2D eigenvalue weighted by Gasteiger charge is -2.07. The topological polar surface area (TPSA) is 44.5 Å². The summed E-state index contributed by atoms with van der Waals surface area (Å²) in [5.74, 6) is 0. The van der Waals surface area contributed by atoms with E-state index in [0.717, 1.165) is 19.6 Å². The van der Waals surface area contributed by atoms with Gasteiger partial charge in [0, 0.05) is 26.0 Å². The van der Waals surface area contributed by atoms with Crippen molar-refractivity contribution in [3.8, 4) is 0 Å². The predicted molar refractivity (Wildman–Crippen MR) is 41.8 cm³/mol. The van der Waals surface area contributed by atoms with Gasteiger partial charge in [0.25, 0.3) is 0 Å². The molecule has 1 atom stereocenters. The minimum absolute atomic E-state index is 0.153. The molecule has 0 saturated heterocycles. The van der Waals surface area contributed by atoms with Crippen LogP contribution < -0.4 is 5.73 Å². The Morgan fingerprint density at radius 3 is 2.80 bits per heavy atom. The molecule has 0 aromatic heterocycles. The summed E-state index contributed by atoms with van der Waals surface area (Å²) in [7, 11) is 2.09. The Labute approximate surface area is 64.8 Å². The van der Waals surface area contributed by atoms with Gasteiger partial charge in [-0.3, -0.25) is 0 Å². The summed E-state index contributed by atoms with van der Waals surface area (Å²) < 4.78 is 10.0. The van der Waals surface area contributed by atoms with Gasteiger partial charge < -0.3 is 14.9 Å². The van der Waals surface area contributed by atoms with Gasteiger partial charge in [0.2, 0.25) is 9.76 Å². The quantitative estimate of drug-likeness (QED) is 0.556. The highest BCUT2D eigenvalue weighted by atomic mass is 28.2. The summed E-state index contributed by atoms with van der Waals surface area (Å²) in [4.78, 5) is 0. The molecule has 2 N–H and O–H groups in total. The number of hydrogen-bond acceptors (Lipinski definition) is 3. The van der Waals surface area contributed by atoms with Crippen molar-refractivity contribution in [1.82, 2.24) is 0 Å². The van der Waals surface area contributed by atoms with Crippen LogP contribution in [0.2, 0.25) is 0 Å². The van der Waals surface area contributed by atoms with Crippen molar-refractivity contribution in [3.63, 3.8) is 0 Å². The van der Waals surface area contributed by atoms with E-state index in [2.05, 4.69) is 0 Å². The summed E-state index contributed by atoms with van der Waals surface area (Å²) in [5, 5.41) is 0. The molecule has 0 heterocycles. The maximum absolute atomic E-state index is 5.65. The van der Waals surface area contributed by atoms with Gasteiger partial charge in [-0.25, -0.2) is 0 Å². The Kier molecular flexibility index (Phi) is 7.28. The average Bonchev–Trinajstić information content (AvgIpc) is 1.97. The Morgan fingerprint density at radius 2 is 2.30 bits per heavy atom. The third-order valence-corrected chi connectivity index (χ3v) is 2.06. The van der Waals surface area contributed by atoms with Crippen LogP contribution in [0.25, 0.3) is 0 Å². The number of methoxy groups -OCH3 is 1. The van der Waals surface area contributed by atoms with Crippen LogP contribution in [0.5, 0.6) is 0 Å². The van der Waals surface area contributed by atoms with Crippen molar-refractivity contribution in [3.05, 3.63) is 0 Å². The Hall–Kier alpha value is 0.0969. The molecule has 2 radical (unpaired) electrons. The molecule has 10 heavy (non-hydrogen) atoms. The Bertz CT molecular complexity index is 64.8. The van der Waals surface area contributed by atoms with Crippen molar-refractivity contribution < 1.29 is 9.16 Å². The summed E-state index contributed by atoms with van der Waals surface area (Å²) >= 11 is 0. The van der Waals surface area contributed by atoms with E-state index >= 15 is 0 Å². The first-order chi connectivity index (χ1) is 4.81. The second-order valence-corrected chi connectivity index (χ2v) is 3.20. The fourth-order valence-electron chi connectivity index (χ4n) is 0.494. The zero-order chi connectivity index (χ0) is 7.82. The Morgan fingerprint density at radius 1 is 1.60 bits per heavy atom. The van der Waals surface area contributed by atoms with Gasteiger partial charge in [-0.15, -0.1) is 0 Å². The lowest BCUT2D eigenvalue weighted by molar-refractivity contribution is 0.192. The number of rotatable bonds is 6. The molecule has 0 rings (SSSR count). The van der Waals surface area contributed by atoms with E-state index in [0.29, 0.717) is 9.76 Å². The second-order valence-electron chi connectivity index (χ2n) is 1.94. The monoisotopic (exact) mass is 161 g/mol. The fraction of sp³-hybridized carbons (Fsp3) is 1.00. The molecule has 0 aromatic carbocycles. The molecular formula is C6H15NO2Si. The van der Waals surface area contributed by atoms with Crippen molar-refractivity contribution in [1.29, 1.82) is 0 Å². The highest BCUT2D eigenvalue weighted by Crippen LogP contribution is 1.86. The lowest BCUT2D eigenvalue weighted by Crippen LogP contribution is -2.30. The van der Waals surface area contributed by atoms with E-state index in [1.54, 1.807) is 7.11 Å². The standard InChI is InChI=1S/C6H15NO2Si/c1-3-9-10-6(7)4-5-8-2/h6H,3-5,7H2,1-2H3. The average molecular weight is 161 g/mol. The van der Waals surface area contributed by atoms with Gasteiger partial charge in [0.15, 0.2) is 0 Å². The maximum Gasteiger partial charge on any atom is 0.248 e. The van der Waals surface area contributed by atoms with E-state index in [-0.39, 0.29) is 5.67 Å². The van der Waals surface area contributed by atoms with Crippen LogP contribution in [0.1, 0.15) is 13.3 Å². The number of ether oxygens (including phenoxy) is 1. The minimum Gasteiger partial charge on any atom is -0.416 e. The number of nitrogens with two attached hydrogens (primary N) is 1. The molecular weight excluding hydrogens is 146 g/mol. The van der Waals surface area contributed by atoms with E-state index in [9.17, 15) is 0 Å². The zero-order valence-corrected chi connectivity index (χ0v) is 7.59. The molecule has 3 nitrogen and oxygen atoms in total. The molecule has 0 aliphatic rings. The maximum atomic E-state index is 5.65. The van der Waals surface area contributed by atoms with Gasteiger partial charge >= 0.3 is 0 Å². The van der Waals surface area contributed by atoms with Crippen LogP contribution >= 0.6 is 0 Å². The molecule has 0 aromatic rings. The van der Waals surface area contributed by atoms with Crippen LogP contribution in [0.3, 0.4) is 0 Å².